The van der Waals surface area contributed by atoms with Crippen molar-refractivity contribution < 1.29 is 18.7 Å². The number of nitrogens with one attached hydrogen (secondary N) is 1. The predicted octanol–water partition coefficient (Wildman–Crippen LogP) is 3.92. The van der Waals surface area contributed by atoms with E-state index in [0.717, 1.165) is 16.6 Å². The summed E-state index contributed by atoms with van der Waals surface area (Å²) in [6, 6.07) is 4.87. The average Bonchev–Trinajstić information content (AvgIpc) is 3.22. The lowest BCUT2D eigenvalue weighted by molar-refractivity contribution is 0.205. The predicted molar refractivity (Wildman–Crippen MR) is 121 cm³/mol. The largest absolute Gasteiger partial charge is 0.474 e. The molecule has 1 aliphatic heterocycles. The third-order valence-electron chi connectivity index (χ3n) is 5.61. The molecule has 1 N–H and O–H groups in total. The number of carbonyl (C=O) groups excluding carboxylic acids is 1. The van der Waals surface area contributed by atoms with Gasteiger partial charge in [0.15, 0.2) is 0 Å². The number of aryl methyl sites for hydroxylation is 1. The van der Waals surface area contributed by atoms with Gasteiger partial charge in [-0.2, -0.15) is 0 Å². The molecule has 0 bridgehead atoms. The molecule has 10 heteroatoms. The van der Waals surface area contributed by atoms with E-state index in [4.69, 9.17) is 9.47 Å². The molecule has 0 aliphatic carbocycles. The molecule has 0 atom stereocenters. The monoisotopic (exact) mass is 448 g/mol. The number of anilines is 2. The van der Waals surface area contributed by atoms with Crippen LogP contribution in [0.5, 0.6) is 11.8 Å². The topological polar surface area (TPSA) is 94.4 Å². The Morgan fingerprint density at radius 3 is 2.82 bits per heavy atom. The van der Waals surface area contributed by atoms with Crippen LogP contribution in [0.3, 0.4) is 0 Å². The van der Waals surface area contributed by atoms with E-state index in [1.807, 2.05) is 6.92 Å². The van der Waals surface area contributed by atoms with Crippen LogP contribution in [0.4, 0.5) is 20.7 Å². The average molecular weight is 448 g/mol. The number of carbonyl (C=O) groups is 1. The highest BCUT2D eigenvalue weighted by molar-refractivity contribution is 5.93. The smallest absolute Gasteiger partial charge is 0.422 e. The molecule has 0 fully saturated rings. The van der Waals surface area contributed by atoms with Gasteiger partial charge in [0.1, 0.15) is 23.9 Å². The molecular weight excluding hydrogens is 427 g/mol. The van der Waals surface area contributed by atoms with Crippen molar-refractivity contribution in [3.63, 3.8) is 0 Å². The van der Waals surface area contributed by atoms with Crippen molar-refractivity contribution in [3.05, 3.63) is 54.5 Å². The summed E-state index contributed by atoms with van der Waals surface area (Å²) < 4.78 is 27.6. The fourth-order valence-corrected chi connectivity index (χ4v) is 3.73. The molecule has 168 valence electrons. The molecule has 1 aromatic carbocycles. The number of halogens is 1. The van der Waals surface area contributed by atoms with Crippen LogP contribution in [0.15, 0.2) is 43.1 Å². The number of ether oxygens (including phenoxy) is 2. The molecule has 0 unspecified atom stereocenters. The van der Waals surface area contributed by atoms with E-state index in [9.17, 15) is 4.79 Å². The fraction of sp³-hybridized carbons (Fsp3) is 0.217. The van der Waals surface area contributed by atoms with Crippen LogP contribution in [0, 0.1) is 12.7 Å². The van der Waals surface area contributed by atoms with Crippen LogP contribution >= 0.6 is 0 Å². The Bertz CT molecular complexity index is 1390. The summed E-state index contributed by atoms with van der Waals surface area (Å²) in [5, 5.41) is 4.60. The van der Waals surface area contributed by atoms with Crippen LogP contribution in [0.25, 0.3) is 21.9 Å². The van der Waals surface area contributed by atoms with Gasteiger partial charge in [0.25, 0.3) is 0 Å². The lowest BCUT2D eigenvalue weighted by atomic mass is 9.98. The number of amides is 1. The molecule has 33 heavy (non-hydrogen) atoms. The van der Waals surface area contributed by atoms with E-state index in [-0.39, 0.29) is 5.82 Å². The number of pyridine rings is 2. The van der Waals surface area contributed by atoms with Crippen molar-refractivity contribution in [1.29, 1.82) is 0 Å². The van der Waals surface area contributed by atoms with Gasteiger partial charge in [-0.15, -0.1) is 0 Å². The molecule has 0 saturated carbocycles. The van der Waals surface area contributed by atoms with Gasteiger partial charge in [0, 0.05) is 49.5 Å². The van der Waals surface area contributed by atoms with Crippen molar-refractivity contribution in [2.75, 3.05) is 30.4 Å². The van der Waals surface area contributed by atoms with Gasteiger partial charge >= 0.3 is 6.09 Å². The summed E-state index contributed by atoms with van der Waals surface area (Å²) in [7, 11) is 3.28. The van der Waals surface area contributed by atoms with E-state index in [0.29, 0.717) is 47.2 Å². The number of hydrogen-bond acceptors (Lipinski definition) is 7. The number of aromatic nitrogens is 4. The number of hydrogen-bond donors (Lipinski definition) is 1. The standard InChI is InChI=1S/C23H21FN6O3/c1-13-17(10-28-22-21(13)26-4-5-32-22)16-6-14-8-19(27-9-15(14)7-18(16)24)30(3)23(31)33-20-11-25-12-29(20)2/h6-12,26H,4-5H2,1-3H3. The minimum Gasteiger partial charge on any atom is -0.474 e. The van der Waals surface area contributed by atoms with Crippen molar-refractivity contribution in [1.82, 2.24) is 19.5 Å². The minimum absolute atomic E-state index is 0.310. The number of rotatable bonds is 3. The summed E-state index contributed by atoms with van der Waals surface area (Å²) in [6.07, 6.45) is 5.51. The maximum absolute atomic E-state index is 15.1. The van der Waals surface area contributed by atoms with Gasteiger partial charge in [0.05, 0.1) is 12.5 Å². The van der Waals surface area contributed by atoms with E-state index < -0.39 is 6.09 Å². The zero-order valence-electron chi connectivity index (χ0n) is 18.3. The zero-order chi connectivity index (χ0) is 23.1. The fourth-order valence-electron chi connectivity index (χ4n) is 3.73. The first-order valence-electron chi connectivity index (χ1n) is 10.3. The Kier molecular flexibility index (Phi) is 5.04. The minimum atomic E-state index is -0.617. The number of fused-ring (bicyclic) bond motifs is 2. The van der Waals surface area contributed by atoms with E-state index in [1.54, 1.807) is 37.0 Å². The highest BCUT2D eigenvalue weighted by Gasteiger charge is 2.20. The van der Waals surface area contributed by atoms with Crippen LogP contribution in [0.2, 0.25) is 0 Å². The lowest BCUT2D eigenvalue weighted by Crippen LogP contribution is -2.30. The van der Waals surface area contributed by atoms with Gasteiger partial charge in [-0.3, -0.25) is 4.90 Å². The second kappa shape index (κ2) is 8.05. The first-order valence-corrected chi connectivity index (χ1v) is 10.3. The quantitative estimate of drug-likeness (QED) is 0.508. The van der Waals surface area contributed by atoms with Gasteiger partial charge in [-0.25, -0.2) is 24.1 Å². The molecule has 0 saturated heterocycles. The molecule has 5 rings (SSSR count). The Hall–Kier alpha value is -4.21. The lowest BCUT2D eigenvalue weighted by Gasteiger charge is -2.21. The number of nitrogens with zero attached hydrogens (tertiary/aromatic N) is 5. The van der Waals surface area contributed by atoms with Crippen molar-refractivity contribution >= 4 is 28.4 Å². The summed E-state index contributed by atoms with van der Waals surface area (Å²) in [5.74, 6) is 0.805. The Morgan fingerprint density at radius 2 is 2.03 bits per heavy atom. The molecule has 9 nitrogen and oxygen atoms in total. The third kappa shape index (κ3) is 3.69. The van der Waals surface area contributed by atoms with E-state index >= 15 is 4.39 Å². The van der Waals surface area contributed by atoms with Crippen LogP contribution < -0.4 is 19.7 Å². The van der Waals surface area contributed by atoms with Crippen LogP contribution in [-0.2, 0) is 7.05 Å². The highest BCUT2D eigenvalue weighted by atomic mass is 19.1. The van der Waals surface area contributed by atoms with Gasteiger partial charge < -0.3 is 19.4 Å². The van der Waals surface area contributed by atoms with Crippen LogP contribution in [-0.4, -0.2) is 45.8 Å². The molecule has 1 aliphatic rings. The third-order valence-corrected chi connectivity index (χ3v) is 5.61. The van der Waals surface area contributed by atoms with E-state index in [1.165, 1.54) is 29.7 Å². The second-order valence-corrected chi connectivity index (χ2v) is 7.74. The Balaban J connectivity index is 1.51. The molecule has 1 amide bonds. The van der Waals surface area contributed by atoms with Gasteiger partial charge in [0.2, 0.25) is 11.8 Å². The number of benzene rings is 1. The molecule has 4 aromatic rings. The van der Waals surface area contributed by atoms with Gasteiger partial charge in [-0.1, -0.05) is 0 Å². The summed E-state index contributed by atoms with van der Waals surface area (Å²) in [4.78, 5) is 26.4. The first-order chi connectivity index (χ1) is 15.9. The van der Waals surface area contributed by atoms with Crippen molar-refractivity contribution in [2.24, 2.45) is 7.05 Å². The molecular formula is C23H21FN6O3. The van der Waals surface area contributed by atoms with Crippen molar-refractivity contribution in [3.8, 4) is 22.9 Å². The molecule has 3 aromatic heterocycles. The van der Waals surface area contributed by atoms with Gasteiger partial charge in [-0.05, 0) is 36.1 Å². The maximum Gasteiger partial charge on any atom is 0.422 e. The second-order valence-electron chi connectivity index (χ2n) is 7.74. The zero-order valence-corrected chi connectivity index (χ0v) is 18.3. The molecule has 4 heterocycles. The van der Waals surface area contributed by atoms with E-state index in [2.05, 4.69) is 20.3 Å². The highest BCUT2D eigenvalue weighted by Crippen LogP contribution is 2.37. The first kappa shape index (κ1) is 20.7. The summed E-state index contributed by atoms with van der Waals surface area (Å²) in [6.45, 7) is 3.10. The normalized spacial score (nSPS) is 12.6. The summed E-state index contributed by atoms with van der Waals surface area (Å²) in [5.41, 5.74) is 2.68. The SMILES string of the molecule is Cc1c(-c2cc3cc(N(C)C(=O)Oc4cncn4C)ncc3cc2F)cnc2c1NCCO2. The molecule has 0 radical (unpaired) electrons. The molecule has 0 spiro atoms. The summed E-state index contributed by atoms with van der Waals surface area (Å²) >= 11 is 0. The van der Waals surface area contributed by atoms with Crippen molar-refractivity contribution in [2.45, 2.75) is 6.92 Å². The Morgan fingerprint density at radius 1 is 1.18 bits per heavy atom. The number of imidazole rings is 1. The maximum atomic E-state index is 15.1. The van der Waals surface area contributed by atoms with Crippen LogP contribution in [0.1, 0.15) is 5.56 Å². The Labute approximate surface area is 188 Å².